The van der Waals surface area contributed by atoms with E-state index in [-0.39, 0.29) is 23.8 Å². The topological polar surface area (TPSA) is 49.9 Å². The number of benzene rings is 1. The van der Waals surface area contributed by atoms with E-state index < -0.39 is 0 Å². The summed E-state index contributed by atoms with van der Waals surface area (Å²) in [6.45, 7) is 8.13. The summed E-state index contributed by atoms with van der Waals surface area (Å²) in [5.41, 5.74) is 4.64. The fourth-order valence-corrected chi connectivity index (χ4v) is 3.85. The van der Waals surface area contributed by atoms with E-state index in [1.807, 2.05) is 11.9 Å². The molecule has 3 rings (SSSR count). The molecule has 2 atom stereocenters. The van der Waals surface area contributed by atoms with Gasteiger partial charge in [0.2, 0.25) is 11.8 Å². The van der Waals surface area contributed by atoms with Crippen LogP contribution in [0.2, 0.25) is 0 Å². The summed E-state index contributed by atoms with van der Waals surface area (Å²) >= 11 is 0. The minimum atomic E-state index is -0.244. The molecule has 0 aliphatic carbocycles. The number of amides is 2. The van der Waals surface area contributed by atoms with Crippen LogP contribution in [0.5, 0.6) is 0 Å². The molecule has 0 spiro atoms. The molecule has 0 saturated carbocycles. The minimum Gasteiger partial charge on any atom is -0.378 e. The maximum absolute atomic E-state index is 12.9. The number of ether oxygens (including phenoxy) is 1. The molecule has 0 aromatic heterocycles. The van der Waals surface area contributed by atoms with Gasteiger partial charge in [0.1, 0.15) is 0 Å². The largest absolute Gasteiger partial charge is 0.378 e. The Labute approximate surface area is 143 Å². The van der Waals surface area contributed by atoms with Crippen molar-refractivity contribution in [2.75, 3.05) is 33.4 Å². The predicted molar refractivity (Wildman–Crippen MR) is 91.8 cm³/mol. The van der Waals surface area contributed by atoms with Gasteiger partial charge in [0.15, 0.2) is 0 Å². The van der Waals surface area contributed by atoms with Gasteiger partial charge in [-0.3, -0.25) is 9.59 Å². The number of aryl methyl sites for hydroxylation is 3. The van der Waals surface area contributed by atoms with E-state index in [2.05, 4.69) is 32.9 Å². The van der Waals surface area contributed by atoms with E-state index in [0.29, 0.717) is 32.7 Å². The van der Waals surface area contributed by atoms with Crippen molar-refractivity contribution >= 4 is 11.8 Å². The van der Waals surface area contributed by atoms with Gasteiger partial charge >= 0.3 is 0 Å². The molecule has 2 aliphatic rings. The second-order valence-electron chi connectivity index (χ2n) is 7.19. The van der Waals surface area contributed by atoms with Gasteiger partial charge in [0.25, 0.3) is 0 Å². The van der Waals surface area contributed by atoms with E-state index in [1.165, 1.54) is 5.56 Å². The van der Waals surface area contributed by atoms with Crippen molar-refractivity contribution in [1.29, 1.82) is 0 Å². The number of carbonyl (C=O) groups excluding carboxylic acids is 2. The van der Waals surface area contributed by atoms with E-state index in [4.69, 9.17) is 4.74 Å². The second kappa shape index (κ2) is 6.55. The maximum atomic E-state index is 12.9. The summed E-state index contributed by atoms with van der Waals surface area (Å²) in [5, 5.41) is 0. The molecule has 2 aliphatic heterocycles. The zero-order chi connectivity index (χ0) is 17.4. The maximum Gasteiger partial charge on any atom is 0.229 e. The highest BCUT2D eigenvalue weighted by Crippen LogP contribution is 2.22. The van der Waals surface area contributed by atoms with E-state index in [0.717, 1.165) is 16.7 Å². The standard InChI is InChI=1S/C19H26N2O3/c1-12-5-13(2)17(14(3)6-12)7-18(22)21-8-15-10-24-11-16(9-21)20(4)19(15)23/h5-6,15-16H,7-11H2,1-4H3/t15-,16+/m1/s1. The smallest absolute Gasteiger partial charge is 0.229 e. The molecule has 2 saturated heterocycles. The third-order valence-corrected chi connectivity index (χ3v) is 5.27. The zero-order valence-electron chi connectivity index (χ0n) is 15.0. The van der Waals surface area contributed by atoms with Gasteiger partial charge in [-0.05, 0) is 37.5 Å². The van der Waals surface area contributed by atoms with Crippen molar-refractivity contribution in [3.05, 3.63) is 34.4 Å². The summed E-state index contributed by atoms with van der Waals surface area (Å²) in [4.78, 5) is 28.9. The van der Waals surface area contributed by atoms with E-state index in [9.17, 15) is 9.59 Å². The molecule has 5 heteroatoms. The van der Waals surface area contributed by atoms with Crippen LogP contribution in [0.25, 0.3) is 0 Å². The lowest BCUT2D eigenvalue weighted by molar-refractivity contribution is -0.134. The number of fused-ring (bicyclic) bond motifs is 3. The number of carbonyl (C=O) groups is 2. The third kappa shape index (κ3) is 3.18. The van der Waals surface area contributed by atoms with Gasteiger partial charge in [-0.2, -0.15) is 0 Å². The van der Waals surface area contributed by atoms with Crippen molar-refractivity contribution in [2.24, 2.45) is 5.92 Å². The van der Waals surface area contributed by atoms with Crippen LogP contribution in [0.4, 0.5) is 0 Å². The van der Waals surface area contributed by atoms with Crippen LogP contribution in [-0.4, -0.2) is 61.0 Å². The van der Waals surface area contributed by atoms with E-state index >= 15 is 0 Å². The van der Waals surface area contributed by atoms with Crippen LogP contribution in [0.3, 0.4) is 0 Å². The SMILES string of the molecule is Cc1cc(C)c(CC(=O)N2C[C@@H]3COC[C@H](C2)N(C)C3=O)c(C)c1. The summed E-state index contributed by atoms with van der Waals surface area (Å²) in [7, 11) is 1.82. The van der Waals surface area contributed by atoms with Crippen LogP contribution in [0, 0.1) is 26.7 Å². The van der Waals surface area contributed by atoms with Crippen molar-refractivity contribution in [3.63, 3.8) is 0 Å². The second-order valence-corrected chi connectivity index (χ2v) is 7.19. The molecule has 1 aromatic rings. The third-order valence-electron chi connectivity index (χ3n) is 5.27. The van der Waals surface area contributed by atoms with Crippen LogP contribution in [0.15, 0.2) is 12.1 Å². The molecule has 2 amide bonds. The van der Waals surface area contributed by atoms with Crippen molar-refractivity contribution in [1.82, 2.24) is 9.80 Å². The van der Waals surface area contributed by atoms with Crippen molar-refractivity contribution < 1.29 is 14.3 Å². The molecule has 0 N–H and O–H groups in total. The minimum absolute atomic E-state index is 0.0471. The Morgan fingerprint density at radius 2 is 1.83 bits per heavy atom. The van der Waals surface area contributed by atoms with E-state index in [1.54, 1.807) is 4.90 Å². The molecule has 0 radical (unpaired) electrons. The average molecular weight is 330 g/mol. The normalized spacial score (nSPS) is 24.1. The first-order valence-electron chi connectivity index (χ1n) is 8.55. The highest BCUT2D eigenvalue weighted by atomic mass is 16.5. The predicted octanol–water partition coefficient (Wildman–Crippen LogP) is 1.47. The first-order valence-corrected chi connectivity index (χ1v) is 8.55. The molecule has 2 bridgehead atoms. The lowest BCUT2D eigenvalue weighted by Gasteiger charge is -2.29. The first kappa shape index (κ1) is 17.0. The molecular formula is C19H26N2O3. The van der Waals surface area contributed by atoms with Gasteiger partial charge < -0.3 is 14.5 Å². The lowest BCUT2D eigenvalue weighted by atomic mass is 9.96. The molecule has 0 unspecified atom stereocenters. The molecule has 1 aromatic carbocycles. The van der Waals surface area contributed by atoms with Gasteiger partial charge in [0, 0.05) is 20.1 Å². The number of nitrogens with zero attached hydrogens (tertiary/aromatic N) is 2. The van der Waals surface area contributed by atoms with Crippen LogP contribution >= 0.6 is 0 Å². The molecule has 5 nitrogen and oxygen atoms in total. The van der Waals surface area contributed by atoms with Crippen molar-refractivity contribution in [2.45, 2.75) is 33.2 Å². The number of rotatable bonds is 2. The Morgan fingerprint density at radius 3 is 2.50 bits per heavy atom. The van der Waals surface area contributed by atoms with Gasteiger partial charge in [-0.15, -0.1) is 0 Å². The Bertz CT molecular complexity index is 648. The summed E-state index contributed by atoms with van der Waals surface area (Å²) < 4.78 is 5.60. The van der Waals surface area contributed by atoms with Crippen LogP contribution in [-0.2, 0) is 20.7 Å². The number of hydrogen-bond donors (Lipinski definition) is 0. The van der Waals surface area contributed by atoms with Gasteiger partial charge in [-0.1, -0.05) is 17.7 Å². The van der Waals surface area contributed by atoms with Crippen LogP contribution < -0.4 is 0 Å². The fraction of sp³-hybridized carbons (Fsp3) is 0.579. The summed E-state index contributed by atoms with van der Waals surface area (Å²) in [5.74, 6) is -0.0489. The Kier molecular flexibility index (Phi) is 4.63. The zero-order valence-corrected chi connectivity index (χ0v) is 15.0. The summed E-state index contributed by atoms with van der Waals surface area (Å²) in [6.07, 6.45) is 0.399. The van der Waals surface area contributed by atoms with Crippen molar-refractivity contribution in [3.8, 4) is 0 Å². The molecule has 2 fully saturated rings. The lowest BCUT2D eigenvalue weighted by Crippen LogP contribution is -2.45. The molecular weight excluding hydrogens is 304 g/mol. The molecule has 2 heterocycles. The highest BCUT2D eigenvalue weighted by Gasteiger charge is 2.38. The average Bonchev–Trinajstić information content (AvgIpc) is 2.68. The molecule has 130 valence electrons. The van der Waals surface area contributed by atoms with Crippen LogP contribution in [0.1, 0.15) is 22.3 Å². The van der Waals surface area contributed by atoms with Gasteiger partial charge in [0.05, 0.1) is 31.6 Å². The number of likely N-dealkylation sites (N-methyl/N-ethyl adjacent to an activating group) is 1. The Hall–Kier alpha value is -1.88. The van der Waals surface area contributed by atoms with Gasteiger partial charge in [-0.25, -0.2) is 0 Å². The monoisotopic (exact) mass is 330 g/mol. The number of hydrogen-bond acceptors (Lipinski definition) is 3. The molecule has 24 heavy (non-hydrogen) atoms. The highest BCUT2D eigenvalue weighted by molar-refractivity contribution is 5.83. The first-order chi connectivity index (χ1) is 11.4. The summed E-state index contributed by atoms with van der Waals surface area (Å²) in [6, 6.07) is 4.20. The Morgan fingerprint density at radius 1 is 1.17 bits per heavy atom. The fourth-order valence-electron chi connectivity index (χ4n) is 3.85. The quantitative estimate of drug-likeness (QED) is 0.825. The Balaban J connectivity index is 1.80.